The average molecular weight is 241 g/mol. The van der Waals surface area contributed by atoms with E-state index in [1.54, 1.807) is 28.8 Å². The maximum absolute atomic E-state index is 11.9. The van der Waals surface area contributed by atoms with E-state index >= 15 is 0 Å². The standard InChI is InChI=1S/C11H19N3OS/c1-7(2)10(12)11(15)14(4)5-9-8(3)13-6-16-9/h6-7,10H,5,12H2,1-4H3. The minimum absolute atomic E-state index is 0.0113. The fraction of sp³-hybridized carbons (Fsp3) is 0.636. The van der Waals surface area contributed by atoms with E-state index in [9.17, 15) is 4.79 Å². The molecule has 0 bridgehead atoms. The Bertz CT molecular complexity index is 362. The van der Waals surface area contributed by atoms with Crippen LogP contribution in [0.1, 0.15) is 24.4 Å². The zero-order chi connectivity index (χ0) is 12.3. The van der Waals surface area contributed by atoms with E-state index in [2.05, 4.69) is 4.98 Å². The number of thiazole rings is 1. The van der Waals surface area contributed by atoms with E-state index in [1.807, 2.05) is 20.8 Å². The molecule has 0 saturated heterocycles. The van der Waals surface area contributed by atoms with Gasteiger partial charge in [-0.15, -0.1) is 11.3 Å². The molecule has 1 amide bonds. The van der Waals surface area contributed by atoms with Gasteiger partial charge in [-0.3, -0.25) is 4.79 Å². The van der Waals surface area contributed by atoms with Gasteiger partial charge in [0, 0.05) is 11.9 Å². The van der Waals surface area contributed by atoms with Crippen molar-refractivity contribution in [3.05, 3.63) is 16.1 Å². The van der Waals surface area contributed by atoms with Gasteiger partial charge in [-0.1, -0.05) is 13.8 Å². The highest BCUT2D eigenvalue weighted by Crippen LogP contribution is 2.15. The fourth-order valence-corrected chi connectivity index (χ4v) is 2.14. The fourth-order valence-electron chi connectivity index (χ4n) is 1.31. The molecule has 0 aliphatic rings. The molecule has 90 valence electrons. The number of amides is 1. The van der Waals surface area contributed by atoms with Crippen LogP contribution in [-0.4, -0.2) is 28.9 Å². The van der Waals surface area contributed by atoms with Crippen molar-refractivity contribution in [2.45, 2.75) is 33.4 Å². The van der Waals surface area contributed by atoms with Crippen molar-refractivity contribution in [1.29, 1.82) is 0 Å². The summed E-state index contributed by atoms with van der Waals surface area (Å²) in [7, 11) is 1.78. The summed E-state index contributed by atoms with van der Waals surface area (Å²) in [4.78, 5) is 18.9. The van der Waals surface area contributed by atoms with Crippen LogP contribution in [0.2, 0.25) is 0 Å². The quantitative estimate of drug-likeness (QED) is 0.866. The second-order valence-electron chi connectivity index (χ2n) is 4.33. The van der Waals surface area contributed by atoms with Gasteiger partial charge in [-0.05, 0) is 12.8 Å². The summed E-state index contributed by atoms with van der Waals surface area (Å²) in [5.74, 6) is 0.153. The lowest BCUT2D eigenvalue weighted by Crippen LogP contribution is -2.44. The highest BCUT2D eigenvalue weighted by atomic mass is 32.1. The van der Waals surface area contributed by atoms with Gasteiger partial charge in [0.1, 0.15) is 0 Å². The SMILES string of the molecule is Cc1ncsc1CN(C)C(=O)C(N)C(C)C. The molecule has 4 nitrogen and oxygen atoms in total. The molecular weight excluding hydrogens is 222 g/mol. The lowest BCUT2D eigenvalue weighted by molar-refractivity contribution is -0.132. The third-order valence-electron chi connectivity index (χ3n) is 2.61. The number of rotatable bonds is 4. The Morgan fingerprint density at radius 3 is 2.69 bits per heavy atom. The molecule has 16 heavy (non-hydrogen) atoms. The van der Waals surface area contributed by atoms with Gasteiger partial charge in [-0.25, -0.2) is 4.98 Å². The molecule has 0 saturated carbocycles. The number of nitrogens with zero attached hydrogens (tertiary/aromatic N) is 2. The van der Waals surface area contributed by atoms with Crippen LogP contribution >= 0.6 is 11.3 Å². The first kappa shape index (κ1) is 13.1. The second-order valence-corrected chi connectivity index (χ2v) is 5.26. The van der Waals surface area contributed by atoms with E-state index < -0.39 is 6.04 Å². The Morgan fingerprint density at radius 2 is 2.25 bits per heavy atom. The number of carbonyl (C=O) groups is 1. The van der Waals surface area contributed by atoms with E-state index in [0.717, 1.165) is 10.6 Å². The van der Waals surface area contributed by atoms with Crippen molar-refractivity contribution < 1.29 is 4.79 Å². The third-order valence-corrected chi connectivity index (χ3v) is 3.53. The van der Waals surface area contributed by atoms with Crippen LogP contribution in [-0.2, 0) is 11.3 Å². The Hall–Kier alpha value is -0.940. The molecule has 0 fully saturated rings. The molecule has 0 aliphatic carbocycles. The van der Waals surface area contributed by atoms with Crippen LogP contribution in [0.25, 0.3) is 0 Å². The van der Waals surface area contributed by atoms with Gasteiger partial charge in [0.2, 0.25) is 5.91 Å². The van der Waals surface area contributed by atoms with Gasteiger partial charge in [0.25, 0.3) is 0 Å². The number of likely N-dealkylation sites (N-methyl/N-ethyl adjacent to an activating group) is 1. The normalized spacial score (nSPS) is 12.9. The van der Waals surface area contributed by atoms with Gasteiger partial charge >= 0.3 is 0 Å². The lowest BCUT2D eigenvalue weighted by atomic mass is 10.0. The minimum atomic E-state index is -0.418. The molecular formula is C11H19N3OS. The van der Waals surface area contributed by atoms with E-state index in [-0.39, 0.29) is 11.8 Å². The van der Waals surface area contributed by atoms with Crippen LogP contribution in [0.5, 0.6) is 0 Å². The number of aromatic nitrogens is 1. The summed E-state index contributed by atoms with van der Waals surface area (Å²) in [5, 5.41) is 0. The smallest absolute Gasteiger partial charge is 0.239 e. The first-order valence-corrected chi connectivity index (χ1v) is 6.21. The molecule has 0 aliphatic heterocycles. The van der Waals surface area contributed by atoms with Crippen molar-refractivity contribution in [3.63, 3.8) is 0 Å². The van der Waals surface area contributed by atoms with Crippen LogP contribution in [0.3, 0.4) is 0 Å². The lowest BCUT2D eigenvalue weighted by Gasteiger charge is -2.23. The highest BCUT2D eigenvalue weighted by Gasteiger charge is 2.21. The summed E-state index contributed by atoms with van der Waals surface area (Å²) >= 11 is 1.57. The number of hydrogen-bond acceptors (Lipinski definition) is 4. The maximum Gasteiger partial charge on any atom is 0.239 e. The molecule has 1 aromatic heterocycles. The molecule has 0 radical (unpaired) electrons. The zero-order valence-electron chi connectivity index (χ0n) is 10.2. The molecule has 1 aromatic rings. The van der Waals surface area contributed by atoms with E-state index in [0.29, 0.717) is 6.54 Å². The second kappa shape index (κ2) is 5.41. The first-order valence-electron chi connectivity index (χ1n) is 5.33. The monoisotopic (exact) mass is 241 g/mol. The Morgan fingerprint density at radius 1 is 1.62 bits per heavy atom. The number of aryl methyl sites for hydroxylation is 1. The minimum Gasteiger partial charge on any atom is -0.339 e. The predicted octanol–water partition coefficient (Wildman–Crippen LogP) is 1.39. The molecule has 0 spiro atoms. The van der Waals surface area contributed by atoms with Crippen LogP contribution in [0.4, 0.5) is 0 Å². The van der Waals surface area contributed by atoms with Crippen molar-refractivity contribution in [3.8, 4) is 0 Å². The van der Waals surface area contributed by atoms with E-state index in [1.165, 1.54) is 0 Å². The third kappa shape index (κ3) is 3.02. The number of carbonyl (C=O) groups excluding carboxylic acids is 1. The molecule has 1 unspecified atom stereocenters. The molecule has 1 rings (SSSR count). The number of nitrogens with two attached hydrogens (primary N) is 1. The maximum atomic E-state index is 11.9. The summed E-state index contributed by atoms with van der Waals surface area (Å²) in [6, 6.07) is -0.418. The van der Waals surface area contributed by atoms with Gasteiger partial charge in [0.05, 0.1) is 23.8 Å². The Balaban J connectivity index is 2.62. The van der Waals surface area contributed by atoms with Crippen LogP contribution in [0, 0.1) is 12.8 Å². The molecule has 0 aromatic carbocycles. The van der Waals surface area contributed by atoms with Crippen molar-refractivity contribution in [2.24, 2.45) is 11.7 Å². The van der Waals surface area contributed by atoms with Gasteiger partial charge < -0.3 is 10.6 Å². The highest BCUT2D eigenvalue weighted by molar-refractivity contribution is 7.09. The summed E-state index contributed by atoms with van der Waals surface area (Å²) in [6.45, 7) is 6.45. The summed E-state index contributed by atoms with van der Waals surface area (Å²) in [5.41, 5.74) is 8.61. The zero-order valence-corrected chi connectivity index (χ0v) is 11.0. The van der Waals surface area contributed by atoms with Gasteiger partial charge in [-0.2, -0.15) is 0 Å². The molecule has 1 heterocycles. The Labute approximate surface area is 100 Å². The summed E-state index contributed by atoms with van der Waals surface area (Å²) in [6.07, 6.45) is 0. The number of hydrogen-bond donors (Lipinski definition) is 1. The van der Waals surface area contributed by atoms with Crippen molar-refractivity contribution in [1.82, 2.24) is 9.88 Å². The Kier molecular flexibility index (Phi) is 4.44. The first-order chi connectivity index (χ1) is 7.43. The van der Waals surface area contributed by atoms with Crippen LogP contribution < -0.4 is 5.73 Å². The van der Waals surface area contributed by atoms with Crippen LogP contribution in [0.15, 0.2) is 5.51 Å². The van der Waals surface area contributed by atoms with Crippen molar-refractivity contribution in [2.75, 3.05) is 7.05 Å². The molecule has 1 atom stereocenters. The van der Waals surface area contributed by atoms with Gasteiger partial charge in [0.15, 0.2) is 0 Å². The summed E-state index contributed by atoms with van der Waals surface area (Å²) < 4.78 is 0. The molecule has 2 N–H and O–H groups in total. The molecule has 5 heteroatoms. The largest absolute Gasteiger partial charge is 0.339 e. The predicted molar refractivity (Wildman–Crippen MR) is 66.1 cm³/mol. The van der Waals surface area contributed by atoms with E-state index in [4.69, 9.17) is 5.73 Å². The topological polar surface area (TPSA) is 59.2 Å². The van der Waals surface area contributed by atoms with Crippen molar-refractivity contribution >= 4 is 17.2 Å². The average Bonchev–Trinajstić information content (AvgIpc) is 2.62.